The van der Waals surface area contributed by atoms with Crippen LogP contribution in [0.4, 0.5) is 0 Å². The molecule has 170 valence electrons. The molecule has 0 fully saturated rings. The number of carbonyl (C=O) groups is 5. The van der Waals surface area contributed by atoms with Crippen LogP contribution in [0, 0.1) is 0 Å². The van der Waals surface area contributed by atoms with E-state index in [-0.39, 0.29) is 31.8 Å². The van der Waals surface area contributed by atoms with Crippen LogP contribution >= 0.6 is 0 Å². The Hall–Kier alpha value is -3.42. The van der Waals surface area contributed by atoms with Crippen LogP contribution in [0.2, 0.25) is 0 Å². The summed E-state index contributed by atoms with van der Waals surface area (Å²) in [5.74, 6) is -4.90. The molecule has 14 nitrogen and oxygen atoms in total. The van der Waals surface area contributed by atoms with Gasteiger partial charge in [0, 0.05) is 13.0 Å². The monoisotopic (exact) mass is 431 g/mol. The van der Waals surface area contributed by atoms with E-state index in [1.807, 2.05) is 0 Å². The highest BCUT2D eigenvalue weighted by Gasteiger charge is 2.27. The topological polar surface area (TPSA) is 252 Å². The van der Waals surface area contributed by atoms with Crippen LogP contribution in [-0.4, -0.2) is 77.0 Å². The van der Waals surface area contributed by atoms with E-state index in [0.717, 1.165) is 0 Å². The number of guanidine groups is 1. The predicted molar refractivity (Wildman–Crippen MR) is 105 cm³/mol. The zero-order valence-electron chi connectivity index (χ0n) is 16.6. The van der Waals surface area contributed by atoms with Gasteiger partial charge in [-0.1, -0.05) is 0 Å². The molecule has 0 saturated heterocycles. The fraction of sp³-hybridized carbons (Fsp3) is 0.625. The first kappa shape index (κ1) is 26.6. The molecule has 0 rings (SSSR count). The van der Waals surface area contributed by atoms with E-state index < -0.39 is 60.8 Å². The second-order valence-electron chi connectivity index (χ2n) is 6.41. The molecule has 0 aromatic heterocycles. The van der Waals surface area contributed by atoms with Gasteiger partial charge in [0.05, 0.1) is 12.6 Å². The summed E-state index contributed by atoms with van der Waals surface area (Å²) in [4.78, 5) is 61.7. The normalized spacial score (nSPS) is 13.3. The fourth-order valence-corrected chi connectivity index (χ4v) is 2.14. The van der Waals surface area contributed by atoms with Gasteiger partial charge in [-0.3, -0.25) is 24.2 Å². The molecule has 0 spiro atoms. The van der Waals surface area contributed by atoms with Gasteiger partial charge < -0.3 is 43.4 Å². The molecule has 3 atom stereocenters. The minimum absolute atomic E-state index is 0.0564. The Bertz CT molecular complexity index is 662. The summed E-state index contributed by atoms with van der Waals surface area (Å²) in [6.45, 7) is 1.14. The maximum Gasteiger partial charge on any atom is 0.326 e. The smallest absolute Gasteiger partial charge is 0.326 e. The Kier molecular flexibility index (Phi) is 12.1. The van der Waals surface area contributed by atoms with Crippen molar-refractivity contribution in [2.45, 2.75) is 50.7 Å². The van der Waals surface area contributed by atoms with Crippen molar-refractivity contribution in [2.75, 3.05) is 13.1 Å². The number of nitrogens with one attached hydrogen (secondary N) is 3. The SMILES string of the molecule is CC(N)C(=O)NCC(=O)NC(CCCN=C(N)N)C(=O)NC(CCC(=O)O)C(=O)O. The summed E-state index contributed by atoms with van der Waals surface area (Å²) in [6.07, 6.45) is -0.478. The van der Waals surface area contributed by atoms with E-state index in [1.54, 1.807) is 0 Å². The number of carboxylic acid groups (broad SMARTS) is 2. The first-order valence-corrected chi connectivity index (χ1v) is 9.07. The maximum absolute atomic E-state index is 12.5. The summed E-state index contributed by atoms with van der Waals surface area (Å²) in [6, 6.07) is -3.45. The van der Waals surface area contributed by atoms with Gasteiger partial charge in [-0.05, 0) is 26.2 Å². The van der Waals surface area contributed by atoms with Gasteiger partial charge in [-0.25, -0.2) is 4.79 Å². The van der Waals surface area contributed by atoms with Crippen LogP contribution in [0.1, 0.15) is 32.6 Å². The highest BCUT2D eigenvalue weighted by molar-refractivity contribution is 5.92. The molecule has 0 aromatic rings. The highest BCUT2D eigenvalue weighted by atomic mass is 16.4. The molecule has 14 heteroatoms. The number of aliphatic imine (C=N–C) groups is 1. The lowest BCUT2D eigenvalue weighted by atomic mass is 10.1. The van der Waals surface area contributed by atoms with Crippen molar-refractivity contribution in [3.8, 4) is 0 Å². The van der Waals surface area contributed by atoms with Crippen molar-refractivity contribution in [1.29, 1.82) is 0 Å². The number of carboxylic acids is 2. The second kappa shape index (κ2) is 13.7. The van der Waals surface area contributed by atoms with Gasteiger partial charge in [0.2, 0.25) is 17.7 Å². The molecular formula is C16H29N7O7. The molecule has 30 heavy (non-hydrogen) atoms. The van der Waals surface area contributed by atoms with Crippen molar-refractivity contribution in [1.82, 2.24) is 16.0 Å². The van der Waals surface area contributed by atoms with Gasteiger partial charge in [0.15, 0.2) is 5.96 Å². The summed E-state index contributed by atoms with van der Waals surface area (Å²) in [5, 5.41) is 24.7. The minimum atomic E-state index is -1.46. The molecule has 0 aliphatic rings. The first-order valence-electron chi connectivity index (χ1n) is 9.07. The van der Waals surface area contributed by atoms with Crippen LogP contribution < -0.4 is 33.2 Å². The van der Waals surface area contributed by atoms with E-state index in [0.29, 0.717) is 0 Å². The Morgan fingerprint density at radius 3 is 2.10 bits per heavy atom. The standard InChI is InChI=1S/C16H29N7O7/c1-8(17)13(27)21-7-11(24)22-9(3-2-6-20-16(18)19)14(28)23-10(15(29)30)4-5-12(25)26/h8-10H,2-7,17H2,1H3,(H,21,27)(H,22,24)(H,23,28)(H,25,26)(H,29,30)(H4,18,19,20). The van der Waals surface area contributed by atoms with Crippen LogP contribution in [0.5, 0.6) is 0 Å². The van der Waals surface area contributed by atoms with Crippen molar-refractivity contribution >= 4 is 35.6 Å². The van der Waals surface area contributed by atoms with E-state index in [1.165, 1.54) is 6.92 Å². The molecule has 11 N–H and O–H groups in total. The third-order valence-electron chi connectivity index (χ3n) is 3.70. The molecule has 0 heterocycles. The molecule has 0 aromatic carbocycles. The molecule has 0 radical (unpaired) electrons. The van der Waals surface area contributed by atoms with Crippen LogP contribution in [0.25, 0.3) is 0 Å². The number of hydrogen-bond donors (Lipinski definition) is 8. The van der Waals surface area contributed by atoms with Gasteiger partial charge >= 0.3 is 11.9 Å². The van der Waals surface area contributed by atoms with E-state index in [4.69, 9.17) is 22.3 Å². The van der Waals surface area contributed by atoms with Crippen molar-refractivity contribution in [3.05, 3.63) is 0 Å². The summed E-state index contributed by atoms with van der Waals surface area (Å²) >= 11 is 0. The van der Waals surface area contributed by atoms with Crippen molar-refractivity contribution < 1.29 is 34.2 Å². The number of nitrogens with two attached hydrogens (primary N) is 3. The largest absolute Gasteiger partial charge is 0.481 e. The Morgan fingerprint density at radius 1 is 0.967 bits per heavy atom. The molecule has 3 unspecified atom stereocenters. The molecule has 0 aliphatic carbocycles. The number of amides is 3. The zero-order valence-corrected chi connectivity index (χ0v) is 16.6. The van der Waals surface area contributed by atoms with Crippen LogP contribution in [0.3, 0.4) is 0 Å². The molecule has 0 saturated carbocycles. The lowest BCUT2D eigenvalue weighted by molar-refractivity contribution is -0.143. The fourth-order valence-electron chi connectivity index (χ4n) is 2.14. The third-order valence-corrected chi connectivity index (χ3v) is 3.70. The average Bonchev–Trinajstić information content (AvgIpc) is 2.64. The minimum Gasteiger partial charge on any atom is -0.481 e. The quantitative estimate of drug-likeness (QED) is 0.0762. The van der Waals surface area contributed by atoms with Gasteiger partial charge in [-0.2, -0.15) is 0 Å². The van der Waals surface area contributed by atoms with E-state index in [9.17, 15) is 29.1 Å². The lowest BCUT2D eigenvalue weighted by Crippen LogP contribution is -2.53. The Balaban J connectivity index is 5.05. The van der Waals surface area contributed by atoms with Gasteiger partial charge in [0.1, 0.15) is 12.1 Å². The van der Waals surface area contributed by atoms with Crippen molar-refractivity contribution in [3.63, 3.8) is 0 Å². The maximum atomic E-state index is 12.5. The number of hydrogen-bond acceptors (Lipinski definition) is 7. The number of nitrogens with zero attached hydrogens (tertiary/aromatic N) is 1. The molecule has 0 bridgehead atoms. The van der Waals surface area contributed by atoms with Crippen LogP contribution in [-0.2, 0) is 24.0 Å². The summed E-state index contributed by atoms with van der Waals surface area (Å²) < 4.78 is 0. The third kappa shape index (κ3) is 12.1. The van der Waals surface area contributed by atoms with Crippen molar-refractivity contribution in [2.24, 2.45) is 22.2 Å². The first-order chi connectivity index (χ1) is 13.9. The second-order valence-corrected chi connectivity index (χ2v) is 6.41. The number of rotatable bonds is 14. The Labute approximate surface area is 172 Å². The Morgan fingerprint density at radius 2 is 1.60 bits per heavy atom. The van der Waals surface area contributed by atoms with E-state index >= 15 is 0 Å². The summed E-state index contributed by atoms with van der Waals surface area (Å²) in [7, 11) is 0. The van der Waals surface area contributed by atoms with Gasteiger partial charge in [0.25, 0.3) is 0 Å². The average molecular weight is 431 g/mol. The van der Waals surface area contributed by atoms with Crippen LogP contribution in [0.15, 0.2) is 4.99 Å². The molecule has 0 aliphatic heterocycles. The zero-order chi connectivity index (χ0) is 23.3. The van der Waals surface area contributed by atoms with E-state index in [2.05, 4.69) is 20.9 Å². The lowest BCUT2D eigenvalue weighted by Gasteiger charge is -2.21. The van der Waals surface area contributed by atoms with Gasteiger partial charge in [-0.15, -0.1) is 0 Å². The highest BCUT2D eigenvalue weighted by Crippen LogP contribution is 2.03. The molecule has 3 amide bonds. The molecular weight excluding hydrogens is 402 g/mol. The summed E-state index contributed by atoms with van der Waals surface area (Å²) in [5.41, 5.74) is 15.8. The predicted octanol–water partition coefficient (Wildman–Crippen LogP) is -3.58. The number of aliphatic carboxylic acids is 2. The number of carbonyl (C=O) groups excluding carboxylic acids is 3.